The number of rotatable bonds is 3. The predicted octanol–water partition coefficient (Wildman–Crippen LogP) is 5.11. The van der Waals surface area contributed by atoms with E-state index < -0.39 is 0 Å². The molecule has 0 aliphatic carbocycles. The van der Waals surface area contributed by atoms with Crippen LogP contribution >= 0.6 is 15.9 Å². The molecule has 0 unspecified atom stereocenters. The van der Waals surface area contributed by atoms with Crippen LogP contribution in [0, 0.1) is 19.7 Å². The Bertz CT molecular complexity index is 595. The highest BCUT2D eigenvalue weighted by Gasteiger charge is 2.13. The van der Waals surface area contributed by atoms with E-state index in [4.69, 9.17) is 0 Å². The minimum Gasteiger partial charge on any atom is -0.344 e. The van der Waals surface area contributed by atoms with Gasteiger partial charge in [-0.1, -0.05) is 39.7 Å². The fraction of sp³-hybridized carbons (Fsp3) is 0.250. The Hall–Kier alpha value is -1.35. The van der Waals surface area contributed by atoms with E-state index in [1.807, 2.05) is 18.0 Å². The third kappa shape index (κ3) is 2.81. The van der Waals surface area contributed by atoms with Gasteiger partial charge < -0.3 is 4.90 Å². The lowest BCUT2D eigenvalue weighted by Crippen LogP contribution is -2.13. The van der Waals surface area contributed by atoms with Crippen molar-refractivity contribution in [3.8, 4) is 0 Å². The molecule has 1 nitrogen and oxygen atoms in total. The molecule has 0 radical (unpaired) electrons. The standard InChI is InChI=1S/C16H17BrFN/c1-11-7-8-15(12(2)9-11)19(3)16-6-4-5-14(18)13(16)10-17/h4-9H,10H2,1-3H3. The molecule has 0 aliphatic rings. The molecule has 0 N–H and O–H groups in total. The number of halogens is 2. The number of benzene rings is 2. The van der Waals surface area contributed by atoms with Gasteiger partial charge in [-0.3, -0.25) is 0 Å². The summed E-state index contributed by atoms with van der Waals surface area (Å²) in [6.45, 7) is 4.15. The second-order valence-corrected chi connectivity index (χ2v) is 5.28. The molecule has 0 spiro atoms. The Morgan fingerprint density at radius 1 is 1.11 bits per heavy atom. The monoisotopic (exact) mass is 321 g/mol. The smallest absolute Gasteiger partial charge is 0.129 e. The van der Waals surface area contributed by atoms with Crippen molar-refractivity contribution in [3.05, 3.63) is 58.9 Å². The Morgan fingerprint density at radius 2 is 1.84 bits per heavy atom. The molecule has 0 atom stereocenters. The minimum atomic E-state index is -0.175. The molecule has 0 fully saturated rings. The highest BCUT2D eigenvalue weighted by Crippen LogP contribution is 2.32. The van der Waals surface area contributed by atoms with Crippen molar-refractivity contribution in [2.75, 3.05) is 11.9 Å². The fourth-order valence-corrected chi connectivity index (χ4v) is 2.86. The molecular formula is C16H17BrFN. The molecule has 0 saturated carbocycles. The highest BCUT2D eigenvalue weighted by molar-refractivity contribution is 9.08. The number of alkyl halides is 1. The van der Waals surface area contributed by atoms with Crippen LogP contribution in [-0.2, 0) is 5.33 Å². The third-order valence-corrected chi connectivity index (χ3v) is 3.86. The second-order valence-electron chi connectivity index (χ2n) is 4.72. The molecule has 100 valence electrons. The van der Waals surface area contributed by atoms with E-state index in [-0.39, 0.29) is 5.82 Å². The van der Waals surface area contributed by atoms with Crippen LogP contribution in [0.1, 0.15) is 16.7 Å². The van der Waals surface area contributed by atoms with E-state index >= 15 is 0 Å². The first kappa shape index (κ1) is 14.1. The molecule has 2 rings (SSSR count). The number of aryl methyl sites for hydroxylation is 2. The second kappa shape index (κ2) is 5.74. The highest BCUT2D eigenvalue weighted by atomic mass is 79.9. The molecule has 19 heavy (non-hydrogen) atoms. The van der Waals surface area contributed by atoms with Crippen LogP contribution < -0.4 is 4.90 Å². The maximum absolute atomic E-state index is 13.8. The molecule has 0 aliphatic heterocycles. The van der Waals surface area contributed by atoms with Gasteiger partial charge in [-0.2, -0.15) is 0 Å². The van der Waals surface area contributed by atoms with Gasteiger partial charge in [0.05, 0.1) is 0 Å². The van der Waals surface area contributed by atoms with Crippen molar-refractivity contribution in [2.24, 2.45) is 0 Å². The van der Waals surface area contributed by atoms with Crippen LogP contribution in [0.25, 0.3) is 0 Å². The maximum Gasteiger partial charge on any atom is 0.129 e. The third-order valence-electron chi connectivity index (χ3n) is 3.30. The first-order chi connectivity index (χ1) is 9.04. The quantitative estimate of drug-likeness (QED) is 0.710. The Morgan fingerprint density at radius 3 is 2.47 bits per heavy atom. The molecular weight excluding hydrogens is 305 g/mol. The van der Waals surface area contributed by atoms with Crippen molar-refractivity contribution in [1.29, 1.82) is 0 Å². The average Bonchev–Trinajstić information content (AvgIpc) is 2.37. The van der Waals surface area contributed by atoms with E-state index in [1.54, 1.807) is 6.07 Å². The van der Waals surface area contributed by atoms with Crippen molar-refractivity contribution in [3.63, 3.8) is 0 Å². The Kier molecular flexibility index (Phi) is 4.25. The lowest BCUT2D eigenvalue weighted by atomic mass is 10.1. The summed E-state index contributed by atoms with van der Waals surface area (Å²) in [7, 11) is 1.97. The summed E-state index contributed by atoms with van der Waals surface area (Å²) in [6.07, 6.45) is 0. The molecule has 0 amide bonds. The van der Waals surface area contributed by atoms with E-state index in [0.29, 0.717) is 10.9 Å². The molecule has 2 aromatic carbocycles. The molecule has 2 aromatic rings. The minimum absolute atomic E-state index is 0.175. The first-order valence-corrected chi connectivity index (χ1v) is 7.31. The number of hydrogen-bond donors (Lipinski definition) is 0. The van der Waals surface area contributed by atoms with Crippen LogP contribution in [-0.4, -0.2) is 7.05 Å². The summed E-state index contributed by atoms with van der Waals surface area (Å²) in [4.78, 5) is 2.04. The van der Waals surface area contributed by atoms with Crippen LogP contribution in [0.5, 0.6) is 0 Å². The van der Waals surface area contributed by atoms with Gasteiger partial charge in [-0.05, 0) is 37.6 Å². The van der Waals surface area contributed by atoms with Gasteiger partial charge in [0.1, 0.15) is 5.82 Å². The summed E-state index contributed by atoms with van der Waals surface area (Å²) in [5.41, 5.74) is 5.09. The average molecular weight is 322 g/mol. The van der Waals surface area contributed by atoms with E-state index in [9.17, 15) is 4.39 Å². The lowest BCUT2D eigenvalue weighted by Gasteiger charge is -2.24. The topological polar surface area (TPSA) is 3.24 Å². The number of nitrogens with zero attached hydrogens (tertiary/aromatic N) is 1. The van der Waals surface area contributed by atoms with Gasteiger partial charge in [0.25, 0.3) is 0 Å². The predicted molar refractivity (Wildman–Crippen MR) is 83.0 cm³/mol. The largest absolute Gasteiger partial charge is 0.344 e. The summed E-state index contributed by atoms with van der Waals surface area (Å²) < 4.78 is 13.8. The van der Waals surface area contributed by atoms with Crippen LogP contribution in [0.15, 0.2) is 36.4 Å². The van der Waals surface area contributed by atoms with Crippen molar-refractivity contribution < 1.29 is 4.39 Å². The summed E-state index contributed by atoms with van der Waals surface area (Å²) >= 11 is 3.36. The Balaban J connectivity index is 2.50. The number of anilines is 2. The zero-order chi connectivity index (χ0) is 14.0. The summed E-state index contributed by atoms with van der Waals surface area (Å²) in [6, 6.07) is 11.5. The van der Waals surface area contributed by atoms with Gasteiger partial charge in [-0.25, -0.2) is 4.39 Å². The molecule has 0 heterocycles. The molecule has 3 heteroatoms. The first-order valence-electron chi connectivity index (χ1n) is 6.19. The molecule has 0 aromatic heterocycles. The molecule has 0 saturated heterocycles. The SMILES string of the molecule is Cc1ccc(N(C)c2cccc(F)c2CBr)c(C)c1. The molecule has 0 bridgehead atoms. The maximum atomic E-state index is 13.8. The lowest BCUT2D eigenvalue weighted by molar-refractivity contribution is 0.617. The van der Waals surface area contributed by atoms with Crippen LogP contribution in [0.4, 0.5) is 15.8 Å². The van der Waals surface area contributed by atoms with Gasteiger partial charge in [0, 0.05) is 29.3 Å². The summed E-state index contributed by atoms with van der Waals surface area (Å²) in [5.74, 6) is -0.175. The van der Waals surface area contributed by atoms with Crippen LogP contribution in [0.2, 0.25) is 0 Å². The van der Waals surface area contributed by atoms with E-state index in [0.717, 1.165) is 11.4 Å². The van der Waals surface area contributed by atoms with Gasteiger partial charge in [0.2, 0.25) is 0 Å². The summed E-state index contributed by atoms with van der Waals surface area (Å²) in [5, 5.41) is 0.504. The van der Waals surface area contributed by atoms with Gasteiger partial charge in [0.15, 0.2) is 0 Å². The van der Waals surface area contributed by atoms with Crippen molar-refractivity contribution >= 4 is 27.3 Å². The fourth-order valence-electron chi connectivity index (χ4n) is 2.31. The normalized spacial score (nSPS) is 10.6. The number of hydrogen-bond acceptors (Lipinski definition) is 1. The zero-order valence-electron chi connectivity index (χ0n) is 11.4. The van der Waals surface area contributed by atoms with Crippen molar-refractivity contribution in [2.45, 2.75) is 19.2 Å². The van der Waals surface area contributed by atoms with Crippen molar-refractivity contribution in [1.82, 2.24) is 0 Å². The van der Waals surface area contributed by atoms with E-state index in [1.165, 1.54) is 17.2 Å². The Labute approximate surface area is 122 Å². The van der Waals surface area contributed by atoms with E-state index in [2.05, 4.69) is 48.0 Å². The van der Waals surface area contributed by atoms with Crippen LogP contribution in [0.3, 0.4) is 0 Å². The van der Waals surface area contributed by atoms with Gasteiger partial charge >= 0.3 is 0 Å². The zero-order valence-corrected chi connectivity index (χ0v) is 13.0. The van der Waals surface area contributed by atoms with Gasteiger partial charge in [-0.15, -0.1) is 0 Å².